The van der Waals surface area contributed by atoms with Gasteiger partial charge in [0.1, 0.15) is 12.5 Å². The van der Waals surface area contributed by atoms with Crippen molar-refractivity contribution in [3.05, 3.63) is 54.1 Å². The Kier molecular flexibility index (Phi) is 5.95. The largest absolute Gasteiger partial charge is 0.497 e. The van der Waals surface area contributed by atoms with Crippen LogP contribution in [0.25, 0.3) is 17.1 Å². The normalized spacial score (nSPS) is 16.9. The second-order valence-electron chi connectivity index (χ2n) is 6.62. The summed E-state index contributed by atoms with van der Waals surface area (Å²) < 4.78 is 18.4. The van der Waals surface area contributed by atoms with E-state index in [1.807, 2.05) is 24.3 Å². The Morgan fingerprint density at radius 2 is 2.04 bits per heavy atom. The predicted octanol–water partition coefficient (Wildman–Crippen LogP) is 4.11. The van der Waals surface area contributed by atoms with E-state index in [0.717, 1.165) is 46.8 Å². The summed E-state index contributed by atoms with van der Waals surface area (Å²) in [7, 11) is 1.67. The molecule has 4 rings (SSSR count). The number of nitrogens with zero attached hydrogens (tertiary/aromatic N) is 3. The number of ether oxygens (including phenoxy) is 3. The quantitative estimate of drug-likeness (QED) is 0.584. The van der Waals surface area contributed by atoms with E-state index in [1.54, 1.807) is 18.9 Å². The van der Waals surface area contributed by atoms with Gasteiger partial charge in [0.15, 0.2) is 11.0 Å². The van der Waals surface area contributed by atoms with Crippen molar-refractivity contribution in [3.8, 4) is 22.8 Å². The number of hydrogen-bond donors (Lipinski definition) is 0. The first-order chi connectivity index (χ1) is 13.7. The van der Waals surface area contributed by atoms with Crippen molar-refractivity contribution >= 4 is 11.8 Å². The van der Waals surface area contributed by atoms with Gasteiger partial charge in [0.25, 0.3) is 0 Å². The molecule has 2 heterocycles. The molecule has 3 aromatic rings. The van der Waals surface area contributed by atoms with E-state index >= 15 is 0 Å². The lowest BCUT2D eigenvalue weighted by atomic mass is 10.2. The third kappa shape index (κ3) is 4.22. The van der Waals surface area contributed by atoms with Crippen LogP contribution in [0.4, 0.5) is 0 Å². The third-order valence-electron chi connectivity index (χ3n) is 4.62. The van der Waals surface area contributed by atoms with E-state index in [1.165, 1.54) is 5.56 Å². The number of rotatable bonds is 6. The van der Waals surface area contributed by atoms with Gasteiger partial charge in [0, 0.05) is 17.0 Å². The van der Waals surface area contributed by atoms with Gasteiger partial charge in [-0.1, -0.05) is 41.6 Å². The summed E-state index contributed by atoms with van der Waals surface area (Å²) in [5.41, 5.74) is 3.20. The van der Waals surface area contributed by atoms with Gasteiger partial charge in [-0.15, -0.1) is 10.2 Å². The lowest BCUT2D eigenvalue weighted by Gasteiger charge is -2.22. The molecular weight excluding hydrogens is 374 g/mol. The number of thioether (sulfide) groups is 1. The van der Waals surface area contributed by atoms with Crippen LogP contribution in [-0.4, -0.2) is 47.1 Å². The van der Waals surface area contributed by atoms with Crippen LogP contribution in [0.1, 0.15) is 12.0 Å². The first kappa shape index (κ1) is 19.0. The molecule has 0 amide bonds. The molecule has 7 heteroatoms. The van der Waals surface area contributed by atoms with Crippen molar-refractivity contribution in [3.63, 3.8) is 0 Å². The second kappa shape index (κ2) is 8.77. The maximum absolute atomic E-state index is 5.67. The highest BCUT2D eigenvalue weighted by atomic mass is 32.2. The van der Waals surface area contributed by atoms with E-state index in [0.29, 0.717) is 6.79 Å². The summed E-state index contributed by atoms with van der Waals surface area (Å²) in [5, 5.41) is 9.82. The highest BCUT2D eigenvalue weighted by Crippen LogP contribution is 2.30. The number of aromatic nitrogens is 3. The summed E-state index contributed by atoms with van der Waals surface area (Å²) >= 11 is 1.66. The van der Waals surface area contributed by atoms with Crippen LogP contribution < -0.4 is 4.74 Å². The number of aryl methyl sites for hydroxylation is 1. The van der Waals surface area contributed by atoms with Gasteiger partial charge in [-0.2, -0.15) is 0 Å². The molecule has 0 radical (unpaired) electrons. The molecular formula is C21H23N3O3S. The fourth-order valence-corrected chi connectivity index (χ4v) is 4.06. The molecule has 0 unspecified atom stereocenters. The topological polar surface area (TPSA) is 58.4 Å². The predicted molar refractivity (Wildman–Crippen MR) is 109 cm³/mol. The SMILES string of the molecule is COc1cccc(-c2nnc(SC[C@H]3CCOCO3)n2-c2ccc(C)cc2)c1. The van der Waals surface area contributed by atoms with Crippen molar-refractivity contribution in [2.75, 3.05) is 26.3 Å². The molecule has 6 nitrogen and oxygen atoms in total. The van der Waals surface area contributed by atoms with Crippen molar-refractivity contribution < 1.29 is 14.2 Å². The molecule has 1 aliphatic rings. The molecule has 28 heavy (non-hydrogen) atoms. The lowest BCUT2D eigenvalue weighted by Crippen LogP contribution is -2.25. The number of hydrogen-bond acceptors (Lipinski definition) is 6. The Hall–Kier alpha value is -2.35. The lowest BCUT2D eigenvalue weighted by molar-refractivity contribution is -0.130. The zero-order chi connectivity index (χ0) is 19.3. The van der Waals surface area contributed by atoms with Crippen molar-refractivity contribution in [2.24, 2.45) is 0 Å². The summed E-state index contributed by atoms with van der Waals surface area (Å²) in [6, 6.07) is 16.3. The van der Waals surface area contributed by atoms with Crippen LogP contribution in [-0.2, 0) is 9.47 Å². The van der Waals surface area contributed by atoms with Crippen LogP contribution >= 0.6 is 11.8 Å². The van der Waals surface area contributed by atoms with E-state index in [-0.39, 0.29) is 6.10 Å². The van der Waals surface area contributed by atoms with E-state index in [4.69, 9.17) is 14.2 Å². The van der Waals surface area contributed by atoms with Crippen molar-refractivity contribution in [1.82, 2.24) is 14.8 Å². The zero-order valence-corrected chi connectivity index (χ0v) is 16.8. The number of methoxy groups -OCH3 is 1. The van der Waals surface area contributed by atoms with E-state index < -0.39 is 0 Å². The maximum atomic E-state index is 5.67. The molecule has 1 aromatic heterocycles. The van der Waals surface area contributed by atoms with Crippen LogP contribution in [0.2, 0.25) is 0 Å². The van der Waals surface area contributed by atoms with Crippen molar-refractivity contribution in [1.29, 1.82) is 0 Å². The standard InChI is InChI=1S/C21H23N3O3S/c1-15-6-8-17(9-7-15)24-20(16-4-3-5-18(12-16)25-2)22-23-21(24)28-13-19-10-11-26-14-27-19/h3-9,12,19H,10-11,13-14H2,1-2H3/t19-/m1/s1. The van der Waals surface area contributed by atoms with Gasteiger partial charge in [0.05, 0.1) is 19.8 Å². The molecule has 0 aliphatic carbocycles. The minimum absolute atomic E-state index is 0.169. The minimum atomic E-state index is 0.169. The molecule has 1 saturated heterocycles. The maximum Gasteiger partial charge on any atom is 0.196 e. The highest BCUT2D eigenvalue weighted by Gasteiger charge is 2.20. The summed E-state index contributed by atoms with van der Waals surface area (Å²) in [6.07, 6.45) is 1.07. The van der Waals surface area contributed by atoms with Gasteiger partial charge in [-0.05, 0) is 37.6 Å². The number of benzene rings is 2. The molecule has 1 aliphatic heterocycles. The third-order valence-corrected chi connectivity index (χ3v) is 5.68. The molecule has 0 spiro atoms. The Balaban J connectivity index is 1.69. The molecule has 0 saturated carbocycles. The summed E-state index contributed by atoms with van der Waals surface area (Å²) in [6.45, 7) is 3.19. The monoisotopic (exact) mass is 397 g/mol. The van der Waals surface area contributed by atoms with Gasteiger partial charge in [0.2, 0.25) is 0 Å². The Bertz CT molecular complexity index is 921. The molecule has 1 atom stereocenters. The van der Waals surface area contributed by atoms with Crippen LogP contribution in [0.3, 0.4) is 0 Å². The first-order valence-corrected chi connectivity index (χ1v) is 10.2. The smallest absolute Gasteiger partial charge is 0.196 e. The van der Waals surface area contributed by atoms with E-state index in [2.05, 4.69) is 46.0 Å². The minimum Gasteiger partial charge on any atom is -0.497 e. The van der Waals surface area contributed by atoms with Gasteiger partial charge in [-0.3, -0.25) is 4.57 Å². The fraction of sp³-hybridized carbons (Fsp3) is 0.333. The molecule has 0 N–H and O–H groups in total. The van der Waals surface area contributed by atoms with E-state index in [9.17, 15) is 0 Å². The Morgan fingerprint density at radius 3 is 2.79 bits per heavy atom. The van der Waals surface area contributed by atoms with Crippen molar-refractivity contribution in [2.45, 2.75) is 24.6 Å². The van der Waals surface area contributed by atoms with Crippen LogP contribution in [0.5, 0.6) is 5.75 Å². The van der Waals surface area contributed by atoms with Gasteiger partial charge >= 0.3 is 0 Å². The highest BCUT2D eigenvalue weighted by molar-refractivity contribution is 7.99. The summed E-state index contributed by atoms with van der Waals surface area (Å²) in [4.78, 5) is 0. The molecule has 1 fully saturated rings. The summed E-state index contributed by atoms with van der Waals surface area (Å²) in [5.74, 6) is 2.39. The van der Waals surface area contributed by atoms with Crippen LogP contribution in [0, 0.1) is 6.92 Å². The molecule has 146 valence electrons. The Morgan fingerprint density at radius 1 is 1.18 bits per heavy atom. The van der Waals surface area contributed by atoms with Gasteiger partial charge in [-0.25, -0.2) is 0 Å². The fourth-order valence-electron chi connectivity index (χ4n) is 3.04. The average molecular weight is 398 g/mol. The second-order valence-corrected chi connectivity index (χ2v) is 7.61. The average Bonchev–Trinajstić information content (AvgIpc) is 3.17. The van der Waals surface area contributed by atoms with Crippen LogP contribution in [0.15, 0.2) is 53.7 Å². The zero-order valence-electron chi connectivity index (χ0n) is 16.0. The Labute approximate surface area is 168 Å². The molecule has 2 aromatic carbocycles. The van der Waals surface area contributed by atoms with Gasteiger partial charge < -0.3 is 14.2 Å². The first-order valence-electron chi connectivity index (χ1n) is 9.23. The molecule has 0 bridgehead atoms.